The summed E-state index contributed by atoms with van der Waals surface area (Å²) in [5, 5.41) is 10.5. The molecule has 0 aromatic heterocycles. The minimum absolute atomic E-state index is 0.354. The first-order valence-electron chi connectivity index (χ1n) is 7.80. The molecule has 18 heavy (non-hydrogen) atoms. The SMILES string of the molecule is CC(C)CN1CCCC2(CC1)CC(O)(C(C)C)C2. The summed E-state index contributed by atoms with van der Waals surface area (Å²) in [6, 6.07) is 0. The fourth-order valence-electron chi connectivity index (χ4n) is 4.02. The summed E-state index contributed by atoms with van der Waals surface area (Å²) in [4.78, 5) is 2.63. The molecule has 1 aliphatic heterocycles. The van der Waals surface area contributed by atoms with Crippen molar-refractivity contribution in [3.63, 3.8) is 0 Å². The predicted octanol–water partition coefficient (Wildman–Crippen LogP) is 3.30. The molecule has 0 amide bonds. The molecule has 2 aliphatic rings. The molecule has 0 unspecified atom stereocenters. The van der Waals surface area contributed by atoms with Crippen LogP contribution >= 0.6 is 0 Å². The molecule has 0 aromatic rings. The van der Waals surface area contributed by atoms with Crippen molar-refractivity contribution < 1.29 is 5.11 Å². The highest BCUT2D eigenvalue weighted by Gasteiger charge is 2.54. The lowest BCUT2D eigenvalue weighted by molar-refractivity contribution is -0.161. The summed E-state index contributed by atoms with van der Waals surface area (Å²) in [6.07, 6.45) is 6.05. The van der Waals surface area contributed by atoms with E-state index < -0.39 is 0 Å². The van der Waals surface area contributed by atoms with E-state index >= 15 is 0 Å². The van der Waals surface area contributed by atoms with Crippen LogP contribution in [0.3, 0.4) is 0 Å². The first-order chi connectivity index (χ1) is 8.35. The summed E-state index contributed by atoms with van der Waals surface area (Å²) in [6.45, 7) is 12.7. The number of hydrogen-bond donors (Lipinski definition) is 1. The van der Waals surface area contributed by atoms with Crippen LogP contribution < -0.4 is 0 Å². The van der Waals surface area contributed by atoms with Gasteiger partial charge in [0.25, 0.3) is 0 Å². The van der Waals surface area contributed by atoms with Crippen molar-refractivity contribution in [2.45, 2.75) is 65.4 Å². The zero-order chi connectivity index (χ0) is 13.4. The van der Waals surface area contributed by atoms with Gasteiger partial charge in [0.1, 0.15) is 0 Å². The molecule has 1 saturated heterocycles. The van der Waals surface area contributed by atoms with Crippen LogP contribution in [-0.4, -0.2) is 35.2 Å². The molecule has 2 nitrogen and oxygen atoms in total. The lowest BCUT2D eigenvalue weighted by Gasteiger charge is -2.56. The molecule has 2 rings (SSSR count). The number of aliphatic hydroxyl groups is 1. The van der Waals surface area contributed by atoms with Crippen LogP contribution in [0.4, 0.5) is 0 Å². The standard InChI is InChI=1S/C16H31NO/c1-13(2)10-17-8-5-6-15(7-9-17)11-16(18,12-15)14(3)4/h13-14,18H,5-12H2,1-4H3. The smallest absolute Gasteiger partial charge is 0.0681 e. The summed E-state index contributed by atoms with van der Waals surface area (Å²) < 4.78 is 0. The van der Waals surface area contributed by atoms with E-state index in [2.05, 4.69) is 32.6 Å². The number of likely N-dealkylation sites (tertiary alicyclic amines) is 1. The first kappa shape index (κ1) is 14.3. The molecule has 1 aliphatic carbocycles. The molecule has 0 radical (unpaired) electrons. The van der Waals surface area contributed by atoms with Gasteiger partial charge in [-0.25, -0.2) is 0 Å². The summed E-state index contributed by atoms with van der Waals surface area (Å²) in [5.41, 5.74) is 0.123. The Morgan fingerprint density at radius 1 is 1.06 bits per heavy atom. The van der Waals surface area contributed by atoms with Crippen molar-refractivity contribution in [2.24, 2.45) is 17.3 Å². The Labute approximate surface area is 113 Å². The Balaban J connectivity index is 1.87. The Hall–Kier alpha value is -0.0800. The average Bonchev–Trinajstić information content (AvgIpc) is 2.40. The maximum Gasteiger partial charge on any atom is 0.0681 e. The Morgan fingerprint density at radius 2 is 1.72 bits per heavy atom. The molecule has 0 aromatic carbocycles. The van der Waals surface area contributed by atoms with Crippen molar-refractivity contribution in [1.82, 2.24) is 4.90 Å². The van der Waals surface area contributed by atoms with Crippen molar-refractivity contribution in [3.05, 3.63) is 0 Å². The van der Waals surface area contributed by atoms with Crippen molar-refractivity contribution in [3.8, 4) is 0 Å². The topological polar surface area (TPSA) is 23.5 Å². The van der Waals surface area contributed by atoms with E-state index in [1.807, 2.05) is 0 Å². The predicted molar refractivity (Wildman–Crippen MR) is 76.6 cm³/mol. The second kappa shape index (κ2) is 5.13. The molecule has 0 atom stereocenters. The fraction of sp³-hybridized carbons (Fsp3) is 1.00. The molecule has 1 spiro atoms. The third kappa shape index (κ3) is 2.91. The van der Waals surface area contributed by atoms with Crippen LogP contribution in [0, 0.1) is 17.3 Å². The van der Waals surface area contributed by atoms with Gasteiger partial charge in [-0.05, 0) is 62.4 Å². The monoisotopic (exact) mass is 253 g/mol. The minimum atomic E-state index is -0.354. The van der Waals surface area contributed by atoms with Gasteiger partial charge in [0.15, 0.2) is 0 Å². The highest BCUT2D eigenvalue weighted by atomic mass is 16.3. The normalized spacial score (nSPS) is 38.2. The molecular weight excluding hydrogens is 222 g/mol. The minimum Gasteiger partial charge on any atom is -0.390 e. The molecule has 2 fully saturated rings. The van der Waals surface area contributed by atoms with Crippen LogP contribution in [0.1, 0.15) is 59.8 Å². The zero-order valence-corrected chi connectivity index (χ0v) is 12.7. The lowest BCUT2D eigenvalue weighted by atomic mass is 9.53. The highest BCUT2D eigenvalue weighted by Crippen LogP contribution is 2.57. The molecule has 0 bridgehead atoms. The van der Waals surface area contributed by atoms with Gasteiger partial charge in [-0.2, -0.15) is 0 Å². The van der Waals surface area contributed by atoms with Crippen LogP contribution in [0.15, 0.2) is 0 Å². The molecular formula is C16H31NO. The van der Waals surface area contributed by atoms with Crippen LogP contribution in [0.5, 0.6) is 0 Å². The molecule has 106 valence electrons. The summed E-state index contributed by atoms with van der Waals surface area (Å²) in [5.74, 6) is 1.19. The van der Waals surface area contributed by atoms with Crippen LogP contribution in [-0.2, 0) is 0 Å². The average molecular weight is 253 g/mol. The second-order valence-corrected chi connectivity index (χ2v) is 7.66. The third-order valence-corrected chi connectivity index (χ3v) is 5.20. The van der Waals surface area contributed by atoms with Crippen molar-refractivity contribution in [1.29, 1.82) is 0 Å². The third-order valence-electron chi connectivity index (χ3n) is 5.20. The van der Waals surface area contributed by atoms with Gasteiger partial charge in [-0.1, -0.05) is 27.7 Å². The van der Waals surface area contributed by atoms with Gasteiger partial charge in [0.05, 0.1) is 5.60 Å². The second-order valence-electron chi connectivity index (χ2n) is 7.66. The summed E-state index contributed by atoms with van der Waals surface area (Å²) in [7, 11) is 0. The van der Waals surface area contributed by atoms with E-state index in [-0.39, 0.29) is 5.60 Å². The van der Waals surface area contributed by atoms with Gasteiger partial charge >= 0.3 is 0 Å². The molecule has 1 heterocycles. The molecule has 1 saturated carbocycles. The van der Waals surface area contributed by atoms with Gasteiger partial charge in [0.2, 0.25) is 0 Å². The first-order valence-corrected chi connectivity index (χ1v) is 7.80. The van der Waals surface area contributed by atoms with Crippen LogP contribution in [0.25, 0.3) is 0 Å². The van der Waals surface area contributed by atoms with Crippen LogP contribution in [0.2, 0.25) is 0 Å². The summed E-state index contributed by atoms with van der Waals surface area (Å²) >= 11 is 0. The fourth-order valence-corrected chi connectivity index (χ4v) is 4.02. The lowest BCUT2D eigenvalue weighted by Crippen LogP contribution is -2.55. The largest absolute Gasteiger partial charge is 0.390 e. The van der Waals surface area contributed by atoms with Gasteiger partial charge < -0.3 is 10.0 Å². The van der Waals surface area contributed by atoms with Crippen molar-refractivity contribution >= 4 is 0 Å². The van der Waals surface area contributed by atoms with E-state index in [1.54, 1.807) is 0 Å². The Kier molecular flexibility index (Phi) is 4.08. The molecule has 2 heteroatoms. The maximum absolute atomic E-state index is 10.5. The quantitative estimate of drug-likeness (QED) is 0.834. The van der Waals surface area contributed by atoms with Gasteiger partial charge in [-0.3, -0.25) is 0 Å². The number of rotatable bonds is 3. The van der Waals surface area contributed by atoms with E-state index in [0.717, 1.165) is 18.8 Å². The zero-order valence-electron chi connectivity index (χ0n) is 12.7. The Morgan fingerprint density at radius 3 is 2.28 bits per heavy atom. The van der Waals surface area contributed by atoms with E-state index in [9.17, 15) is 5.11 Å². The van der Waals surface area contributed by atoms with E-state index in [1.165, 1.54) is 38.9 Å². The van der Waals surface area contributed by atoms with Crippen molar-refractivity contribution in [2.75, 3.05) is 19.6 Å². The van der Waals surface area contributed by atoms with E-state index in [0.29, 0.717) is 11.3 Å². The molecule has 1 N–H and O–H groups in total. The van der Waals surface area contributed by atoms with E-state index in [4.69, 9.17) is 0 Å². The number of hydrogen-bond acceptors (Lipinski definition) is 2. The Bertz CT molecular complexity index is 279. The number of nitrogens with zero attached hydrogens (tertiary/aromatic N) is 1. The maximum atomic E-state index is 10.5. The highest BCUT2D eigenvalue weighted by molar-refractivity contribution is 5.06. The van der Waals surface area contributed by atoms with Gasteiger partial charge in [0, 0.05) is 6.54 Å². The van der Waals surface area contributed by atoms with Gasteiger partial charge in [-0.15, -0.1) is 0 Å².